The Morgan fingerprint density at radius 1 is 1.14 bits per heavy atom. The quantitative estimate of drug-likeness (QED) is 0.761. The van der Waals surface area contributed by atoms with Gasteiger partial charge in [-0.2, -0.15) is 0 Å². The van der Waals surface area contributed by atoms with Gasteiger partial charge in [0.25, 0.3) is 0 Å². The van der Waals surface area contributed by atoms with Crippen molar-refractivity contribution in [1.82, 2.24) is 10.0 Å². The van der Waals surface area contributed by atoms with E-state index in [4.69, 9.17) is 0 Å². The van der Waals surface area contributed by atoms with Crippen LogP contribution in [0.4, 0.5) is 0 Å². The normalized spacial score (nSPS) is 12.6. The van der Waals surface area contributed by atoms with Gasteiger partial charge in [-0.05, 0) is 57.4 Å². The summed E-state index contributed by atoms with van der Waals surface area (Å²) in [5.74, 6) is 0. The fourth-order valence-electron chi connectivity index (χ4n) is 2.12. The van der Waals surface area contributed by atoms with Crippen molar-refractivity contribution in [2.75, 3.05) is 6.54 Å². The lowest BCUT2D eigenvalue weighted by Crippen LogP contribution is -2.40. The summed E-state index contributed by atoms with van der Waals surface area (Å²) >= 11 is 0. The molecule has 0 bridgehead atoms. The fourth-order valence-corrected chi connectivity index (χ4v) is 3.90. The van der Waals surface area contributed by atoms with E-state index in [0.717, 1.165) is 24.1 Å². The van der Waals surface area contributed by atoms with E-state index < -0.39 is 15.6 Å². The van der Waals surface area contributed by atoms with E-state index in [1.165, 1.54) is 0 Å². The van der Waals surface area contributed by atoms with Crippen molar-refractivity contribution in [3.05, 3.63) is 29.3 Å². The van der Waals surface area contributed by atoms with Crippen LogP contribution < -0.4 is 10.0 Å². The van der Waals surface area contributed by atoms with Gasteiger partial charge in [-0.25, -0.2) is 13.1 Å². The minimum Gasteiger partial charge on any atom is -0.313 e. The molecule has 0 saturated heterocycles. The zero-order valence-electron chi connectivity index (χ0n) is 13.8. The molecule has 0 spiro atoms. The number of hydrogen-bond acceptors (Lipinski definition) is 3. The van der Waals surface area contributed by atoms with Crippen LogP contribution in [0.2, 0.25) is 0 Å². The average molecular weight is 312 g/mol. The summed E-state index contributed by atoms with van der Waals surface area (Å²) in [6.45, 7) is 11.2. The Labute approximate surface area is 129 Å². The highest BCUT2D eigenvalue weighted by atomic mass is 32.2. The first-order valence-electron chi connectivity index (χ1n) is 7.56. The predicted octanol–water partition coefficient (Wildman–Crippen LogP) is 2.83. The second kappa shape index (κ2) is 7.38. The highest BCUT2D eigenvalue weighted by molar-refractivity contribution is 7.89. The Morgan fingerprint density at radius 2 is 1.81 bits per heavy atom. The van der Waals surface area contributed by atoms with E-state index in [1.54, 1.807) is 6.07 Å². The third kappa shape index (κ3) is 5.77. The van der Waals surface area contributed by atoms with E-state index in [0.29, 0.717) is 17.9 Å². The summed E-state index contributed by atoms with van der Waals surface area (Å²) < 4.78 is 27.9. The molecule has 1 aromatic carbocycles. The van der Waals surface area contributed by atoms with Gasteiger partial charge in [-0.15, -0.1) is 0 Å². The maximum absolute atomic E-state index is 12.6. The van der Waals surface area contributed by atoms with Crippen LogP contribution >= 0.6 is 0 Å². The van der Waals surface area contributed by atoms with Crippen molar-refractivity contribution in [3.63, 3.8) is 0 Å². The lowest BCUT2D eigenvalue weighted by molar-refractivity contribution is 0.491. The van der Waals surface area contributed by atoms with Gasteiger partial charge in [0.05, 0.1) is 4.90 Å². The van der Waals surface area contributed by atoms with E-state index in [9.17, 15) is 8.42 Å². The molecule has 0 aliphatic carbocycles. The van der Waals surface area contributed by atoms with Crippen molar-refractivity contribution in [2.45, 2.75) is 64.4 Å². The molecule has 4 nitrogen and oxygen atoms in total. The molecule has 21 heavy (non-hydrogen) atoms. The highest BCUT2D eigenvalue weighted by Gasteiger charge is 2.24. The number of benzene rings is 1. The van der Waals surface area contributed by atoms with Crippen molar-refractivity contribution >= 4 is 10.0 Å². The van der Waals surface area contributed by atoms with E-state index in [-0.39, 0.29) is 0 Å². The van der Waals surface area contributed by atoms with E-state index in [1.807, 2.05) is 39.8 Å². The average Bonchev–Trinajstić information content (AvgIpc) is 2.36. The number of rotatable bonds is 7. The van der Waals surface area contributed by atoms with Gasteiger partial charge < -0.3 is 5.32 Å². The number of sulfonamides is 1. The largest absolute Gasteiger partial charge is 0.313 e. The summed E-state index contributed by atoms with van der Waals surface area (Å²) in [7, 11) is -3.49. The summed E-state index contributed by atoms with van der Waals surface area (Å²) in [5, 5.41) is 3.30. The predicted molar refractivity (Wildman–Crippen MR) is 87.9 cm³/mol. The Bertz CT molecular complexity index is 560. The lowest BCUT2D eigenvalue weighted by atomic mass is 10.1. The summed E-state index contributed by atoms with van der Waals surface area (Å²) in [4.78, 5) is 0.399. The molecule has 0 unspecified atom stereocenters. The van der Waals surface area contributed by atoms with Gasteiger partial charge in [0, 0.05) is 12.1 Å². The molecule has 0 aromatic heterocycles. The molecular weight excluding hydrogens is 284 g/mol. The van der Waals surface area contributed by atoms with Crippen LogP contribution in [0, 0.1) is 0 Å². The Kier molecular flexibility index (Phi) is 6.38. The van der Waals surface area contributed by atoms with Crippen LogP contribution in [0.1, 0.15) is 52.2 Å². The Morgan fingerprint density at radius 3 is 2.33 bits per heavy atom. The van der Waals surface area contributed by atoms with Crippen LogP contribution in [0.5, 0.6) is 0 Å². The van der Waals surface area contributed by atoms with Crippen LogP contribution in [-0.4, -0.2) is 20.5 Å². The van der Waals surface area contributed by atoms with Crippen LogP contribution in [0.25, 0.3) is 0 Å². The molecule has 0 fully saturated rings. The Balaban J connectivity index is 3.10. The molecular formula is C16H28N2O2S. The monoisotopic (exact) mass is 312 g/mol. The highest BCUT2D eigenvalue weighted by Crippen LogP contribution is 2.20. The van der Waals surface area contributed by atoms with Gasteiger partial charge in [0.2, 0.25) is 10.0 Å². The molecule has 1 rings (SSSR count). The van der Waals surface area contributed by atoms with Crippen molar-refractivity contribution in [1.29, 1.82) is 0 Å². The lowest BCUT2D eigenvalue weighted by Gasteiger charge is -2.22. The molecule has 0 amide bonds. The third-order valence-corrected chi connectivity index (χ3v) is 4.84. The topological polar surface area (TPSA) is 58.2 Å². The molecule has 1 aromatic rings. The van der Waals surface area contributed by atoms with Crippen molar-refractivity contribution < 1.29 is 8.42 Å². The standard InChI is InChI=1S/C16H28N2O2S/c1-6-10-17-12-13-8-9-14(7-2)15(11-13)21(19,20)18-16(3,4)5/h8-9,11,17-18H,6-7,10,12H2,1-5H3. The maximum atomic E-state index is 12.6. The van der Waals surface area contributed by atoms with Crippen LogP contribution in [-0.2, 0) is 23.0 Å². The molecule has 0 aliphatic rings. The molecule has 120 valence electrons. The second-order valence-corrected chi connectivity index (χ2v) is 7.98. The number of nitrogens with one attached hydrogen (secondary N) is 2. The minimum atomic E-state index is -3.49. The van der Waals surface area contributed by atoms with Crippen molar-refractivity contribution in [3.8, 4) is 0 Å². The van der Waals surface area contributed by atoms with Gasteiger partial charge in [-0.1, -0.05) is 26.0 Å². The Hall–Kier alpha value is -0.910. The minimum absolute atomic E-state index is 0.399. The summed E-state index contributed by atoms with van der Waals surface area (Å²) in [6.07, 6.45) is 1.76. The number of hydrogen-bond donors (Lipinski definition) is 2. The SMILES string of the molecule is CCCNCc1ccc(CC)c(S(=O)(=O)NC(C)(C)C)c1. The van der Waals surface area contributed by atoms with Crippen LogP contribution in [0.15, 0.2) is 23.1 Å². The maximum Gasteiger partial charge on any atom is 0.241 e. The first kappa shape index (κ1) is 18.1. The second-order valence-electron chi connectivity index (χ2n) is 6.33. The van der Waals surface area contributed by atoms with Gasteiger partial charge in [0.1, 0.15) is 0 Å². The van der Waals surface area contributed by atoms with Gasteiger partial charge >= 0.3 is 0 Å². The zero-order valence-corrected chi connectivity index (χ0v) is 14.6. The van der Waals surface area contributed by atoms with Crippen molar-refractivity contribution in [2.24, 2.45) is 0 Å². The smallest absolute Gasteiger partial charge is 0.241 e. The molecule has 0 saturated carbocycles. The molecule has 2 N–H and O–H groups in total. The summed E-state index contributed by atoms with van der Waals surface area (Å²) in [5.41, 5.74) is 1.36. The summed E-state index contributed by atoms with van der Waals surface area (Å²) in [6, 6.07) is 5.70. The first-order chi connectivity index (χ1) is 9.69. The number of aryl methyl sites for hydroxylation is 1. The van der Waals surface area contributed by atoms with E-state index >= 15 is 0 Å². The molecule has 5 heteroatoms. The fraction of sp³-hybridized carbons (Fsp3) is 0.625. The molecule has 0 radical (unpaired) electrons. The first-order valence-corrected chi connectivity index (χ1v) is 9.04. The van der Waals surface area contributed by atoms with E-state index in [2.05, 4.69) is 17.0 Å². The van der Waals surface area contributed by atoms with Crippen LogP contribution in [0.3, 0.4) is 0 Å². The van der Waals surface area contributed by atoms with Gasteiger partial charge in [-0.3, -0.25) is 0 Å². The molecule has 0 aliphatic heterocycles. The molecule has 0 heterocycles. The third-order valence-electron chi connectivity index (χ3n) is 3.00. The van der Waals surface area contributed by atoms with Gasteiger partial charge in [0.15, 0.2) is 0 Å². The zero-order chi connectivity index (χ0) is 16.1. The molecule has 0 atom stereocenters.